The number of aromatic amines is 2. The monoisotopic (exact) mass is 1090 g/mol. The number of aromatic nitrogens is 4. The molecule has 7 aromatic rings. The van der Waals surface area contributed by atoms with Gasteiger partial charge in [0, 0.05) is 63.5 Å². The van der Waals surface area contributed by atoms with Crippen molar-refractivity contribution in [2.45, 2.75) is 77.8 Å². The molecule has 0 aliphatic carbocycles. The second kappa shape index (κ2) is 19.3. The summed E-state index contributed by atoms with van der Waals surface area (Å²) in [5.41, 5.74) is 26.9. The number of H-pyrrole nitrogens is 2. The zero-order chi connectivity index (χ0) is 47.9. The highest BCUT2D eigenvalue weighted by molar-refractivity contribution is 14.1. The van der Waals surface area contributed by atoms with E-state index in [4.69, 9.17) is 9.97 Å². The minimum Gasteiger partial charge on any atom is -0.354 e. The zero-order valence-corrected chi connectivity index (χ0v) is 46.0. The maximum atomic E-state index is 5.52. The molecule has 9 rings (SSSR count). The summed E-state index contributed by atoms with van der Waals surface area (Å²) in [6.07, 6.45) is 8.57. The van der Waals surface area contributed by atoms with Crippen LogP contribution in [0.4, 0.5) is 0 Å². The van der Waals surface area contributed by atoms with E-state index < -0.39 is 16.1 Å². The third-order valence-corrected chi connectivity index (χ3v) is 21.7. The highest BCUT2D eigenvalue weighted by Crippen LogP contribution is 2.42. The van der Waals surface area contributed by atoms with Gasteiger partial charge in [0.1, 0.15) is 16.1 Å². The fourth-order valence-corrected chi connectivity index (χ4v) is 16.3. The van der Waals surface area contributed by atoms with Crippen molar-refractivity contribution in [2.24, 2.45) is 0 Å². The Morgan fingerprint density at radius 3 is 1.19 bits per heavy atom. The Hall–Kier alpha value is -5.76. The van der Waals surface area contributed by atoms with Crippen molar-refractivity contribution >= 4 is 101 Å². The van der Waals surface area contributed by atoms with Gasteiger partial charge in [0.05, 0.1) is 22.8 Å². The van der Waals surface area contributed by atoms with Gasteiger partial charge in [0.25, 0.3) is 0 Å². The Morgan fingerprint density at radius 2 is 0.779 bits per heavy atom. The molecule has 0 atom stereocenters. The van der Waals surface area contributed by atoms with Gasteiger partial charge in [-0.05, 0) is 159 Å². The molecule has 3 aromatic heterocycles. The van der Waals surface area contributed by atoms with Crippen molar-refractivity contribution in [2.75, 3.05) is 0 Å². The summed E-state index contributed by atoms with van der Waals surface area (Å²) in [5.74, 6) is 7.12. The minimum absolute atomic E-state index is 0.563. The molecule has 4 aromatic carbocycles. The van der Waals surface area contributed by atoms with Crippen LogP contribution in [0.25, 0.3) is 90.9 Å². The molecule has 338 valence electrons. The summed E-state index contributed by atoms with van der Waals surface area (Å²) >= 11 is 6.06. The first-order valence-corrected chi connectivity index (χ1v) is 31.1. The highest BCUT2D eigenvalue weighted by Gasteiger charge is 2.41. The Labute approximate surface area is 426 Å². The maximum Gasteiger partial charge on any atom is 0.146 e. The average Bonchev–Trinajstić information content (AvgIpc) is 4.16. The smallest absolute Gasteiger partial charge is 0.146 e. The van der Waals surface area contributed by atoms with Crippen LogP contribution < -0.4 is 0 Å². The summed E-state index contributed by atoms with van der Waals surface area (Å²) in [5, 5.41) is 0. The molecule has 0 saturated carbocycles. The Morgan fingerprint density at radius 1 is 0.441 bits per heavy atom. The van der Waals surface area contributed by atoms with Crippen LogP contribution in [-0.4, -0.2) is 36.1 Å². The van der Waals surface area contributed by atoms with Crippen molar-refractivity contribution in [3.05, 3.63) is 163 Å². The third-order valence-electron chi connectivity index (χ3n) is 13.2. The lowest BCUT2D eigenvalue weighted by Crippen LogP contribution is -2.43. The van der Waals surface area contributed by atoms with Crippen LogP contribution >= 0.6 is 38.5 Å². The largest absolute Gasteiger partial charge is 0.354 e. The zero-order valence-electron chi connectivity index (χ0n) is 40.2. The van der Waals surface area contributed by atoms with Crippen LogP contribution in [0.3, 0.4) is 0 Å². The molecule has 2 N–H and O–H groups in total. The molecule has 0 spiro atoms. The molecule has 0 amide bonds. The molecule has 0 fully saturated rings. The number of halogens is 2. The molecule has 0 saturated heterocycles. The first kappa shape index (κ1) is 47.3. The predicted molar refractivity (Wildman–Crippen MR) is 309 cm³/mol. The molecule has 68 heavy (non-hydrogen) atoms. The fourth-order valence-electron chi connectivity index (χ4n) is 9.97. The predicted octanol–water partition coefficient (Wildman–Crippen LogP) is 17.5. The average molecular weight is 1100 g/mol. The third kappa shape index (κ3) is 9.62. The lowest BCUT2D eigenvalue weighted by Gasteiger charge is -2.38. The SMILES string of the molecule is CC(C)[Si](C#Cc1ccc(-c2c3nc(c(-c4ccc(Br)cc4)c4nc(c(-c5ccc(C#C[Si](C)(C)C)cc5)c5ccc([nH]5)c(-c5ccc(I)cc5)c5ccc2[nH]5)C=C4)C=C3)cc1)(C(C)C)C(C)C. The number of nitrogens with one attached hydrogen (secondary N) is 2. The van der Waals surface area contributed by atoms with E-state index in [1.165, 1.54) is 3.57 Å². The number of nitrogens with zero attached hydrogens (tertiary/aromatic N) is 2. The quantitative estimate of drug-likeness (QED) is 0.0949. The molecular formula is C60H56BrIN4Si2. The van der Waals surface area contributed by atoms with E-state index in [0.717, 1.165) is 105 Å². The Balaban J connectivity index is 1.34. The van der Waals surface area contributed by atoms with E-state index in [1.807, 2.05) is 0 Å². The lowest BCUT2D eigenvalue weighted by atomic mass is 10.0. The van der Waals surface area contributed by atoms with Gasteiger partial charge in [-0.25, -0.2) is 9.97 Å². The standard InChI is InChI=1S/C60H56BrIN4Si2/c1-38(2)68(39(3)4,40(5)6)37-35-42-12-16-44(17-13-42)58-50-27-31-54(64-50)59(45-18-22-47(61)23-19-45)53-30-26-49(63-53)57(43-14-10-41(11-15-43)34-36-67(7,8)9)51-28-32-55(65-51)60(56-33-29-52(58)66-56)46-20-24-48(62)25-21-46/h10-33,38-40,65-66H,1-9H3. The van der Waals surface area contributed by atoms with Gasteiger partial charge in [0.2, 0.25) is 0 Å². The van der Waals surface area contributed by atoms with Gasteiger partial charge in [-0.2, -0.15) is 0 Å². The van der Waals surface area contributed by atoms with Crippen LogP contribution in [0.1, 0.15) is 75.4 Å². The minimum atomic E-state index is -1.91. The summed E-state index contributed by atoms with van der Waals surface area (Å²) in [6.45, 7) is 21.0. The summed E-state index contributed by atoms with van der Waals surface area (Å²) in [7, 11) is -3.46. The molecular weight excluding hydrogens is 1040 g/mol. The van der Waals surface area contributed by atoms with Gasteiger partial charge in [0.15, 0.2) is 0 Å². The van der Waals surface area contributed by atoms with E-state index in [-0.39, 0.29) is 0 Å². The van der Waals surface area contributed by atoms with Gasteiger partial charge in [-0.15, -0.1) is 11.1 Å². The van der Waals surface area contributed by atoms with E-state index in [1.54, 1.807) is 0 Å². The molecule has 8 bridgehead atoms. The van der Waals surface area contributed by atoms with Crippen molar-refractivity contribution in [1.82, 2.24) is 19.9 Å². The summed E-state index contributed by atoms with van der Waals surface area (Å²) in [6, 6.07) is 43.4. The van der Waals surface area contributed by atoms with Crippen molar-refractivity contribution in [3.63, 3.8) is 0 Å². The normalized spacial score (nSPS) is 12.4. The van der Waals surface area contributed by atoms with Crippen molar-refractivity contribution in [1.29, 1.82) is 0 Å². The van der Waals surface area contributed by atoms with Crippen LogP contribution in [0.5, 0.6) is 0 Å². The second-order valence-electron chi connectivity index (χ2n) is 19.8. The lowest BCUT2D eigenvalue weighted by molar-refractivity contribution is 0.838. The number of benzene rings is 4. The van der Waals surface area contributed by atoms with Gasteiger partial charge >= 0.3 is 0 Å². The fraction of sp³-hybridized carbons (Fsp3) is 0.200. The van der Waals surface area contributed by atoms with Crippen molar-refractivity contribution < 1.29 is 0 Å². The van der Waals surface area contributed by atoms with Crippen LogP contribution in [0.2, 0.25) is 36.3 Å². The molecule has 2 aliphatic heterocycles. The van der Waals surface area contributed by atoms with Gasteiger partial charge in [-0.1, -0.05) is 137 Å². The number of hydrogen-bond donors (Lipinski definition) is 2. The van der Waals surface area contributed by atoms with Crippen LogP contribution in [0.15, 0.2) is 126 Å². The Kier molecular flexibility index (Phi) is 13.4. The van der Waals surface area contributed by atoms with Crippen LogP contribution in [-0.2, 0) is 0 Å². The number of rotatable bonds is 7. The van der Waals surface area contributed by atoms with E-state index in [2.05, 4.69) is 278 Å². The Bertz CT molecular complexity index is 3400. The van der Waals surface area contributed by atoms with E-state index in [9.17, 15) is 0 Å². The molecule has 2 aliphatic rings. The van der Waals surface area contributed by atoms with Gasteiger partial charge in [-0.3, -0.25) is 0 Å². The molecule has 4 nitrogen and oxygen atoms in total. The molecule has 8 heteroatoms. The van der Waals surface area contributed by atoms with E-state index >= 15 is 0 Å². The maximum absolute atomic E-state index is 5.52. The first-order valence-electron chi connectivity index (χ1n) is 23.5. The highest BCUT2D eigenvalue weighted by atomic mass is 127. The molecule has 5 heterocycles. The topological polar surface area (TPSA) is 57.4 Å². The summed E-state index contributed by atoms with van der Waals surface area (Å²) < 4.78 is 2.19. The van der Waals surface area contributed by atoms with E-state index in [0.29, 0.717) is 16.6 Å². The first-order chi connectivity index (χ1) is 32.6. The van der Waals surface area contributed by atoms with Gasteiger partial charge < -0.3 is 9.97 Å². The molecule has 0 unspecified atom stereocenters. The second-order valence-corrected chi connectivity index (χ2v) is 32.3. The van der Waals surface area contributed by atoms with Crippen molar-refractivity contribution in [3.8, 4) is 67.4 Å². The number of fused-ring (bicyclic) bond motifs is 8. The summed E-state index contributed by atoms with van der Waals surface area (Å²) in [4.78, 5) is 18.8. The van der Waals surface area contributed by atoms with Crippen LogP contribution in [0, 0.1) is 26.5 Å². The molecule has 0 radical (unpaired) electrons. The number of hydrogen-bond acceptors (Lipinski definition) is 2.